The molecule has 3 aromatic heterocycles. The van der Waals surface area contributed by atoms with Gasteiger partial charge in [-0.25, -0.2) is 14.6 Å². The summed E-state index contributed by atoms with van der Waals surface area (Å²) in [6, 6.07) is 16.5. The minimum atomic E-state index is -0.685. The van der Waals surface area contributed by atoms with Crippen LogP contribution in [-0.4, -0.2) is 24.1 Å². The number of carbonyl (C=O) groups is 2. The number of nitrogens with one attached hydrogen (secondary N) is 2. The zero-order chi connectivity index (χ0) is 22.0. The van der Waals surface area contributed by atoms with Crippen molar-refractivity contribution < 1.29 is 14.3 Å². The van der Waals surface area contributed by atoms with Gasteiger partial charge >= 0.3 is 12.0 Å². The number of methoxy groups -OCH3 is 1. The van der Waals surface area contributed by atoms with E-state index < -0.39 is 12.0 Å². The number of primary amides is 1. The van der Waals surface area contributed by atoms with Gasteiger partial charge < -0.3 is 10.5 Å². The molecule has 0 bridgehead atoms. The second-order valence-corrected chi connectivity index (χ2v) is 8.65. The highest BCUT2D eigenvalue weighted by atomic mass is 32.1. The summed E-state index contributed by atoms with van der Waals surface area (Å²) < 4.78 is 4.96. The van der Waals surface area contributed by atoms with Gasteiger partial charge in [0.05, 0.1) is 39.3 Å². The lowest BCUT2D eigenvalue weighted by Crippen LogP contribution is -2.39. The van der Waals surface area contributed by atoms with Crippen LogP contribution in [0.2, 0.25) is 0 Å². The number of benzene rings is 1. The molecule has 4 aromatic rings. The van der Waals surface area contributed by atoms with Crippen LogP contribution in [0, 0.1) is 0 Å². The molecule has 7 nitrogen and oxygen atoms in total. The molecule has 9 heteroatoms. The number of hydrazine groups is 1. The summed E-state index contributed by atoms with van der Waals surface area (Å²) in [5.41, 5.74) is 12.5. The standard InChI is InChI=1S/C22H18N4O3S2/c1-12(25-26-22(23)28)17-7-9-19(30-17)20-10-8-18(31-20)16-11-14(21(27)29-2)13-5-3-4-6-15(13)24-16/h3-11,25H,1H2,2H3,(H3,23,26,28). The molecule has 0 saturated heterocycles. The van der Waals surface area contributed by atoms with E-state index in [2.05, 4.69) is 17.4 Å². The van der Waals surface area contributed by atoms with Crippen LogP contribution in [0.5, 0.6) is 0 Å². The lowest BCUT2D eigenvalue weighted by Gasteiger charge is -2.07. The summed E-state index contributed by atoms with van der Waals surface area (Å²) in [5, 5.41) is 0.758. The molecule has 0 aliphatic rings. The fourth-order valence-electron chi connectivity index (χ4n) is 3.02. The molecule has 0 unspecified atom stereocenters. The van der Waals surface area contributed by atoms with Crippen molar-refractivity contribution >= 4 is 51.3 Å². The maximum Gasteiger partial charge on any atom is 0.338 e. The second-order valence-electron chi connectivity index (χ2n) is 6.48. The van der Waals surface area contributed by atoms with Gasteiger partial charge in [-0.3, -0.25) is 10.9 Å². The third kappa shape index (κ3) is 4.27. The Hall–Kier alpha value is -3.69. The van der Waals surface area contributed by atoms with Crippen LogP contribution in [0.15, 0.2) is 61.2 Å². The predicted octanol–water partition coefficient (Wildman–Crippen LogP) is 4.62. The van der Waals surface area contributed by atoms with Gasteiger partial charge in [0.2, 0.25) is 0 Å². The normalized spacial score (nSPS) is 10.6. The quantitative estimate of drug-likeness (QED) is 0.293. The first kappa shape index (κ1) is 20.6. The van der Waals surface area contributed by atoms with Gasteiger partial charge in [0.25, 0.3) is 0 Å². The zero-order valence-electron chi connectivity index (χ0n) is 16.5. The van der Waals surface area contributed by atoms with Crippen LogP contribution in [0.4, 0.5) is 4.79 Å². The molecule has 31 heavy (non-hydrogen) atoms. The number of nitrogens with two attached hydrogens (primary N) is 1. The Labute approximate surface area is 186 Å². The minimum absolute atomic E-state index is 0.393. The van der Waals surface area contributed by atoms with E-state index in [0.29, 0.717) is 17.0 Å². The minimum Gasteiger partial charge on any atom is -0.465 e. The number of para-hydroxylation sites is 1. The van der Waals surface area contributed by atoms with E-state index in [1.807, 2.05) is 48.5 Å². The molecule has 4 rings (SSSR count). The SMILES string of the molecule is C=C(NNC(N)=O)c1ccc(-c2ccc(-c3cc(C(=O)OC)c4ccccc4n3)s2)s1. The first-order chi connectivity index (χ1) is 15.0. The molecule has 1 aromatic carbocycles. The number of urea groups is 1. The van der Waals surface area contributed by atoms with Gasteiger partial charge in [-0.15, -0.1) is 22.7 Å². The van der Waals surface area contributed by atoms with Crippen LogP contribution in [0.3, 0.4) is 0 Å². The lowest BCUT2D eigenvalue weighted by atomic mass is 10.1. The Morgan fingerprint density at radius 1 is 1.00 bits per heavy atom. The molecule has 0 saturated carbocycles. The highest BCUT2D eigenvalue weighted by Crippen LogP contribution is 2.39. The molecule has 3 heterocycles. The number of carbonyl (C=O) groups excluding carboxylic acids is 2. The average Bonchev–Trinajstić information content (AvgIpc) is 3.46. The molecule has 0 aliphatic carbocycles. The molecule has 0 fully saturated rings. The molecule has 156 valence electrons. The van der Waals surface area contributed by atoms with Crippen LogP contribution >= 0.6 is 22.7 Å². The third-order valence-electron chi connectivity index (χ3n) is 4.46. The fraction of sp³-hybridized carbons (Fsp3) is 0.0455. The van der Waals surface area contributed by atoms with Crippen molar-refractivity contribution in [2.24, 2.45) is 5.73 Å². The van der Waals surface area contributed by atoms with Crippen molar-refractivity contribution in [3.63, 3.8) is 0 Å². The Bertz CT molecular complexity index is 1310. The Balaban J connectivity index is 1.65. The lowest BCUT2D eigenvalue weighted by molar-refractivity contribution is 0.0603. The number of pyridine rings is 1. The number of fused-ring (bicyclic) bond motifs is 1. The molecular formula is C22H18N4O3S2. The van der Waals surface area contributed by atoms with Gasteiger partial charge in [0.15, 0.2) is 0 Å². The van der Waals surface area contributed by atoms with Crippen molar-refractivity contribution in [2.75, 3.05) is 7.11 Å². The number of hydrogen-bond donors (Lipinski definition) is 3. The predicted molar refractivity (Wildman–Crippen MR) is 125 cm³/mol. The van der Waals surface area contributed by atoms with Crippen molar-refractivity contribution in [3.05, 3.63) is 71.6 Å². The summed E-state index contributed by atoms with van der Waals surface area (Å²) >= 11 is 3.11. The highest BCUT2D eigenvalue weighted by Gasteiger charge is 2.16. The van der Waals surface area contributed by atoms with Gasteiger partial charge in [0.1, 0.15) is 0 Å². The molecule has 0 spiro atoms. The fourth-order valence-corrected chi connectivity index (χ4v) is 5.01. The van der Waals surface area contributed by atoms with Crippen molar-refractivity contribution in [1.29, 1.82) is 0 Å². The maximum atomic E-state index is 12.3. The number of ether oxygens (including phenoxy) is 1. The number of amides is 2. The van der Waals surface area contributed by atoms with Crippen LogP contribution in [0.1, 0.15) is 15.2 Å². The molecule has 4 N–H and O–H groups in total. The molecule has 0 aliphatic heterocycles. The summed E-state index contributed by atoms with van der Waals surface area (Å²) in [6.45, 7) is 3.90. The first-order valence-electron chi connectivity index (χ1n) is 9.15. The Morgan fingerprint density at radius 2 is 1.71 bits per heavy atom. The van der Waals surface area contributed by atoms with E-state index in [0.717, 1.165) is 30.4 Å². The highest BCUT2D eigenvalue weighted by molar-refractivity contribution is 7.24. The number of hydrogen-bond acceptors (Lipinski definition) is 7. The maximum absolute atomic E-state index is 12.3. The number of rotatable bonds is 6. The smallest absolute Gasteiger partial charge is 0.338 e. The van der Waals surface area contributed by atoms with Crippen molar-refractivity contribution in [3.8, 4) is 20.3 Å². The summed E-state index contributed by atoms with van der Waals surface area (Å²) in [6.07, 6.45) is 0. The third-order valence-corrected chi connectivity index (χ3v) is 6.91. The Morgan fingerprint density at radius 3 is 2.48 bits per heavy atom. The summed E-state index contributed by atoms with van der Waals surface area (Å²) in [4.78, 5) is 31.8. The van der Waals surface area contributed by atoms with Crippen LogP contribution < -0.4 is 16.6 Å². The summed E-state index contributed by atoms with van der Waals surface area (Å²) in [7, 11) is 1.37. The van der Waals surface area contributed by atoms with Crippen LogP contribution in [-0.2, 0) is 4.74 Å². The zero-order valence-corrected chi connectivity index (χ0v) is 18.1. The van der Waals surface area contributed by atoms with Crippen molar-refractivity contribution in [1.82, 2.24) is 15.8 Å². The monoisotopic (exact) mass is 450 g/mol. The van der Waals surface area contributed by atoms with E-state index in [9.17, 15) is 9.59 Å². The average molecular weight is 451 g/mol. The summed E-state index contributed by atoms with van der Waals surface area (Å²) in [5.74, 6) is -0.393. The van der Waals surface area contributed by atoms with Crippen molar-refractivity contribution in [2.45, 2.75) is 0 Å². The van der Waals surface area contributed by atoms with E-state index >= 15 is 0 Å². The van der Waals surface area contributed by atoms with E-state index in [4.69, 9.17) is 15.5 Å². The molecule has 2 amide bonds. The first-order valence-corrected chi connectivity index (χ1v) is 10.8. The molecule has 0 atom stereocenters. The number of aromatic nitrogens is 1. The molecule has 0 radical (unpaired) electrons. The Kier molecular flexibility index (Phi) is 5.70. The van der Waals surface area contributed by atoms with E-state index in [1.165, 1.54) is 18.4 Å². The second kappa shape index (κ2) is 8.58. The van der Waals surface area contributed by atoms with E-state index in [1.54, 1.807) is 17.4 Å². The van der Waals surface area contributed by atoms with Gasteiger partial charge in [-0.05, 0) is 36.4 Å². The van der Waals surface area contributed by atoms with Gasteiger partial charge in [-0.2, -0.15) is 0 Å². The number of nitrogens with zero attached hydrogens (tertiary/aromatic N) is 1. The number of thiophene rings is 2. The van der Waals surface area contributed by atoms with Gasteiger partial charge in [-0.1, -0.05) is 24.8 Å². The van der Waals surface area contributed by atoms with Gasteiger partial charge in [0, 0.05) is 15.1 Å². The van der Waals surface area contributed by atoms with E-state index in [-0.39, 0.29) is 0 Å². The number of esters is 1. The topological polar surface area (TPSA) is 106 Å². The van der Waals surface area contributed by atoms with Crippen LogP contribution in [0.25, 0.3) is 36.9 Å². The largest absolute Gasteiger partial charge is 0.465 e. The molecular weight excluding hydrogens is 432 g/mol.